The van der Waals surface area contributed by atoms with Crippen LogP contribution in [0.15, 0.2) is 53.4 Å². The van der Waals surface area contributed by atoms with Gasteiger partial charge in [0.2, 0.25) is 0 Å². The van der Waals surface area contributed by atoms with Gasteiger partial charge in [-0.2, -0.15) is 0 Å². The summed E-state index contributed by atoms with van der Waals surface area (Å²) in [5, 5.41) is 0. The van der Waals surface area contributed by atoms with Gasteiger partial charge in [0.25, 0.3) is 5.91 Å². The van der Waals surface area contributed by atoms with Crippen molar-refractivity contribution in [1.29, 1.82) is 0 Å². The van der Waals surface area contributed by atoms with E-state index in [2.05, 4.69) is 21.3 Å². The van der Waals surface area contributed by atoms with Gasteiger partial charge in [-0.15, -0.1) is 0 Å². The molecular weight excluding hydrogens is 434 g/mol. The molecule has 4 rings (SSSR count). The summed E-state index contributed by atoms with van der Waals surface area (Å²) in [4.78, 5) is 18.5. The Morgan fingerprint density at radius 1 is 0.970 bits per heavy atom. The van der Waals surface area contributed by atoms with Crippen LogP contribution in [-0.2, 0) is 4.79 Å². The fraction of sp³-hybridized carbons (Fsp3) is 0.500. The minimum absolute atomic E-state index is 0.101. The van der Waals surface area contributed by atoms with Crippen molar-refractivity contribution in [3.63, 3.8) is 0 Å². The maximum Gasteiger partial charge on any atom is 0.260 e. The Kier molecular flexibility index (Phi) is 8.40. The molecule has 0 saturated carbocycles. The predicted molar refractivity (Wildman–Crippen MR) is 134 cm³/mol. The molecule has 1 amide bonds. The molecule has 1 atom stereocenters. The van der Waals surface area contributed by atoms with Gasteiger partial charge in [-0.3, -0.25) is 4.79 Å². The number of benzene rings is 2. The topological polar surface area (TPSA) is 45.3 Å². The van der Waals surface area contributed by atoms with Gasteiger partial charge < -0.3 is 23.6 Å². The van der Waals surface area contributed by atoms with Crippen molar-refractivity contribution in [3.8, 4) is 11.5 Å². The lowest BCUT2D eigenvalue weighted by molar-refractivity contribution is -0.134. The number of hydrogen-bond acceptors (Lipinski definition) is 6. The van der Waals surface area contributed by atoms with Gasteiger partial charge in [-0.05, 0) is 106 Å². The molecule has 0 aromatic heterocycles. The first-order valence-electron chi connectivity index (χ1n) is 12.0. The monoisotopic (exact) mass is 469 g/mol. The second kappa shape index (κ2) is 11.7. The molecule has 0 bridgehead atoms. The van der Waals surface area contributed by atoms with Crippen molar-refractivity contribution in [2.45, 2.75) is 43.5 Å². The molecule has 0 aliphatic carbocycles. The molecular formula is C26H35N3O3S. The number of carbonyl (C=O) groups excluding carboxylic acids is 1. The number of nitrogens with zero attached hydrogens (tertiary/aromatic N) is 3. The summed E-state index contributed by atoms with van der Waals surface area (Å²) >= 11 is 1.65. The number of amides is 1. The first-order valence-corrected chi connectivity index (χ1v) is 12.8. The van der Waals surface area contributed by atoms with Crippen LogP contribution in [0.5, 0.6) is 11.5 Å². The molecule has 2 aliphatic rings. The van der Waals surface area contributed by atoms with E-state index in [9.17, 15) is 4.79 Å². The van der Waals surface area contributed by atoms with Crippen LogP contribution in [0, 0.1) is 0 Å². The highest BCUT2D eigenvalue weighted by atomic mass is 32.2. The smallest absolute Gasteiger partial charge is 0.260 e. The summed E-state index contributed by atoms with van der Waals surface area (Å²) in [5.41, 5.74) is 1.07. The van der Waals surface area contributed by atoms with E-state index < -0.39 is 0 Å². The van der Waals surface area contributed by atoms with E-state index in [0.717, 1.165) is 48.0 Å². The van der Waals surface area contributed by atoms with Crippen LogP contribution in [0.3, 0.4) is 0 Å². The van der Waals surface area contributed by atoms with Gasteiger partial charge in [-0.25, -0.2) is 0 Å². The molecule has 2 aromatic carbocycles. The Balaban J connectivity index is 1.25. The minimum atomic E-state index is 0.101. The highest BCUT2D eigenvalue weighted by Gasteiger charge is 2.30. The lowest BCUT2D eigenvalue weighted by Crippen LogP contribution is -2.44. The number of carbonyl (C=O) groups is 1. The lowest BCUT2D eigenvalue weighted by Gasteiger charge is -2.28. The SMILES string of the molecule is CCOc1ccc(SN(C)c2ccc(OCC(=O)N3CCCC3CN3CCCC3)cc2)cc1. The zero-order valence-electron chi connectivity index (χ0n) is 19.7. The third kappa shape index (κ3) is 6.58. The molecule has 2 aliphatic heterocycles. The quantitative estimate of drug-likeness (QED) is 0.470. The lowest BCUT2D eigenvalue weighted by atomic mass is 10.2. The normalized spacial score (nSPS) is 18.5. The van der Waals surface area contributed by atoms with Crippen molar-refractivity contribution in [2.75, 3.05) is 50.7 Å². The highest BCUT2D eigenvalue weighted by Crippen LogP contribution is 2.30. The molecule has 33 heavy (non-hydrogen) atoms. The molecule has 2 fully saturated rings. The third-order valence-corrected chi connectivity index (χ3v) is 7.27. The van der Waals surface area contributed by atoms with Gasteiger partial charge in [-0.1, -0.05) is 0 Å². The largest absolute Gasteiger partial charge is 0.494 e. The molecule has 2 saturated heterocycles. The van der Waals surface area contributed by atoms with Gasteiger partial charge in [0, 0.05) is 36.8 Å². The minimum Gasteiger partial charge on any atom is -0.494 e. The zero-order valence-corrected chi connectivity index (χ0v) is 20.6. The van der Waals surface area contributed by atoms with Gasteiger partial charge in [0.1, 0.15) is 11.5 Å². The fourth-order valence-corrected chi connectivity index (χ4v) is 5.37. The van der Waals surface area contributed by atoms with Crippen LogP contribution >= 0.6 is 11.9 Å². The zero-order chi connectivity index (χ0) is 23.0. The summed E-state index contributed by atoms with van der Waals surface area (Å²) in [6.45, 7) is 6.97. The number of anilines is 1. The van der Waals surface area contributed by atoms with Gasteiger partial charge in [0.15, 0.2) is 6.61 Å². The Morgan fingerprint density at radius 2 is 1.64 bits per heavy atom. The molecule has 7 heteroatoms. The van der Waals surface area contributed by atoms with Crippen LogP contribution in [0.25, 0.3) is 0 Å². The second-order valence-corrected chi connectivity index (χ2v) is 9.87. The number of likely N-dealkylation sites (tertiary alicyclic amines) is 2. The van der Waals surface area contributed by atoms with Crippen molar-refractivity contribution in [2.24, 2.45) is 0 Å². The molecule has 0 spiro atoms. The third-order valence-electron chi connectivity index (χ3n) is 6.30. The Labute approximate surface area is 202 Å². The van der Waals surface area contributed by atoms with E-state index in [1.54, 1.807) is 11.9 Å². The van der Waals surface area contributed by atoms with Crippen LogP contribution in [0.4, 0.5) is 5.69 Å². The predicted octanol–water partition coefficient (Wildman–Crippen LogP) is 4.69. The summed E-state index contributed by atoms with van der Waals surface area (Å²) in [5.74, 6) is 1.71. The molecule has 2 heterocycles. The highest BCUT2D eigenvalue weighted by molar-refractivity contribution is 8.00. The second-order valence-electron chi connectivity index (χ2n) is 8.67. The van der Waals surface area contributed by atoms with Gasteiger partial charge >= 0.3 is 0 Å². The van der Waals surface area contributed by atoms with E-state index in [-0.39, 0.29) is 12.5 Å². The maximum absolute atomic E-state index is 12.8. The van der Waals surface area contributed by atoms with Crippen molar-refractivity contribution >= 4 is 23.5 Å². The van der Waals surface area contributed by atoms with E-state index in [4.69, 9.17) is 9.47 Å². The average Bonchev–Trinajstić information content (AvgIpc) is 3.52. The van der Waals surface area contributed by atoms with Crippen LogP contribution in [0.1, 0.15) is 32.6 Å². The first kappa shape index (κ1) is 23.8. The first-order chi connectivity index (χ1) is 16.1. The van der Waals surface area contributed by atoms with Crippen LogP contribution in [0.2, 0.25) is 0 Å². The summed E-state index contributed by atoms with van der Waals surface area (Å²) < 4.78 is 13.5. The number of ether oxygens (including phenoxy) is 2. The molecule has 0 N–H and O–H groups in total. The molecule has 0 radical (unpaired) electrons. The number of hydrogen-bond donors (Lipinski definition) is 0. The van der Waals surface area contributed by atoms with E-state index in [1.165, 1.54) is 25.9 Å². The average molecular weight is 470 g/mol. The van der Waals surface area contributed by atoms with Crippen molar-refractivity contribution < 1.29 is 14.3 Å². The van der Waals surface area contributed by atoms with E-state index >= 15 is 0 Å². The van der Waals surface area contributed by atoms with Crippen molar-refractivity contribution in [3.05, 3.63) is 48.5 Å². The number of rotatable bonds is 10. The Morgan fingerprint density at radius 3 is 2.33 bits per heavy atom. The summed E-state index contributed by atoms with van der Waals surface area (Å²) in [6.07, 6.45) is 4.77. The molecule has 178 valence electrons. The van der Waals surface area contributed by atoms with E-state index in [0.29, 0.717) is 12.6 Å². The maximum atomic E-state index is 12.8. The van der Waals surface area contributed by atoms with E-state index in [1.807, 2.05) is 55.3 Å². The molecule has 1 unspecified atom stereocenters. The standard InChI is InChI=1S/C26H35N3O3S/c1-3-31-23-12-14-25(15-13-23)33-27(2)21-8-10-24(11-9-21)32-20-26(30)29-18-6-7-22(29)19-28-16-4-5-17-28/h8-15,22H,3-7,16-20H2,1-2H3. The summed E-state index contributed by atoms with van der Waals surface area (Å²) in [6, 6.07) is 16.4. The van der Waals surface area contributed by atoms with Gasteiger partial charge in [0.05, 0.1) is 6.61 Å². The Hall–Kier alpha value is -2.38. The molecule has 6 nitrogen and oxygen atoms in total. The van der Waals surface area contributed by atoms with Crippen LogP contribution < -0.4 is 13.8 Å². The fourth-order valence-electron chi connectivity index (χ4n) is 4.57. The van der Waals surface area contributed by atoms with Crippen molar-refractivity contribution in [1.82, 2.24) is 9.80 Å². The van der Waals surface area contributed by atoms with Crippen LogP contribution in [-0.4, -0.2) is 68.2 Å². The Bertz CT molecular complexity index is 885. The molecule has 2 aromatic rings. The summed E-state index contributed by atoms with van der Waals surface area (Å²) in [7, 11) is 2.04.